The Morgan fingerprint density at radius 1 is 1.16 bits per heavy atom. The lowest BCUT2D eigenvalue weighted by molar-refractivity contribution is -0.142. The van der Waals surface area contributed by atoms with Gasteiger partial charge in [-0.2, -0.15) is 0 Å². The third-order valence-electron chi connectivity index (χ3n) is 6.52. The van der Waals surface area contributed by atoms with E-state index in [1.165, 1.54) is 36.5 Å². The van der Waals surface area contributed by atoms with E-state index < -0.39 is 35.4 Å². The van der Waals surface area contributed by atoms with E-state index in [0.29, 0.717) is 16.1 Å². The van der Waals surface area contributed by atoms with Crippen LogP contribution >= 0.6 is 11.6 Å². The number of carboxylic acid groups (broad SMARTS) is 1. The van der Waals surface area contributed by atoms with Crippen LogP contribution in [0.5, 0.6) is 5.75 Å². The normalized spacial score (nSPS) is 28.3. The molecule has 1 aliphatic heterocycles. The van der Waals surface area contributed by atoms with Crippen molar-refractivity contribution in [1.29, 1.82) is 0 Å². The van der Waals surface area contributed by atoms with Crippen molar-refractivity contribution < 1.29 is 28.5 Å². The summed E-state index contributed by atoms with van der Waals surface area (Å²) in [5.41, 5.74) is -2.39. The third kappa shape index (κ3) is 2.77. The zero-order valence-electron chi connectivity index (χ0n) is 16.6. The Labute approximate surface area is 187 Å². The van der Waals surface area contributed by atoms with Gasteiger partial charge in [0.05, 0.1) is 10.9 Å². The fourth-order valence-corrected chi connectivity index (χ4v) is 5.39. The molecule has 4 atom stereocenters. The van der Waals surface area contributed by atoms with Gasteiger partial charge in [0.15, 0.2) is 11.2 Å². The number of hydrogen-bond acceptors (Lipinski definition) is 4. The van der Waals surface area contributed by atoms with E-state index in [2.05, 4.69) is 4.98 Å². The first-order chi connectivity index (χ1) is 15.3. The molecular formula is C24H18ClF2NO4. The van der Waals surface area contributed by atoms with E-state index in [4.69, 9.17) is 16.3 Å². The molecule has 0 unspecified atom stereocenters. The molecule has 2 aromatic carbocycles. The van der Waals surface area contributed by atoms with Crippen LogP contribution in [-0.2, 0) is 16.0 Å². The molecule has 0 spiro atoms. The molecule has 1 aromatic heterocycles. The second kappa shape index (κ2) is 7.25. The highest BCUT2D eigenvalue weighted by atomic mass is 35.5. The van der Waals surface area contributed by atoms with Crippen molar-refractivity contribution in [1.82, 2.24) is 4.98 Å². The molecule has 5 rings (SSSR count). The van der Waals surface area contributed by atoms with Gasteiger partial charge in [-0.15, -0.1) is 0 Å². The molecule has 0 saturated heterocycles. The lowest BCUT2D eigenvalue weighted by Crippen LogP contribution is -2.48. The van der Waals surface area contributed by atoms with Crippen LogP contribution in [0.2, 0.25) is 5.02 Å². The number of aliphatic hydroxyl groups is 1. The largest absolute Gasteiger partial charge is 0.481 e. The predicted octanol–water partition coefficient (Wildman–Crippen LogP) is 5.04. The smallest absolute Gasteiger partial charge is 0.307 e. The molecular weight excluding hydrogens is 440 g/mol. The molecule has 2 N–H and O–H groups in total. The average Bonchev–Trinajstić information content (AvgIpc) is 3.18. The van der Waals surface area contributed by atoms with Crippen molar-refractivity contribution in [2.45, 2.75) is 30.0 Å². The van der Waals surface area contributed by atoms with Crippen molar-refractivity contribution in [3.8, 4) is 5.75 Å². The van der Waals surface area contributed by atoms with Crippen LogP contribution in [-0.4, -0.2) is 21.2 Å². The molecule has 2 heterocycles. The number of fused-ring (bicyclic) bond motifs is 3. The number of rotatable bonds is 4. The van der Waals surface area contributed by atoms with E-state index in [9.17, 15) is 23.8 Å². The Bertz CT molecular complexity index is 1190. The van der Waals surface area contributed by atoms with Crippen LogP contribution in [0.3, 0.4) is 0 Å². The van der Waals surface area contributed by atoms with Crippen molar-refractivity contribution in [3.05, 3.63) is 94.3 Å². The van der Waals surface area contributed by atoms with E-state index in [0.717, 1.165) is 0 Å². The standard InChI is InChI=1S/C24H18ClF2NO4/c25-16-10-18-20(28-12-16)23(31)11-17(22(29)30)19(13-4-2-1-3-5-13)24(23,32-18)15-8-6-14(7-9-15)21(26)27/h1-10,12,17,19,21,31H,11H2,(H,29,30)/t17-,19+,23+,24-/m0/s1. The maximum Gasteiger partial charge on any atom is 0.307 e. The molecule has 164 valence electrons. The fraction of sp³-hybridized carbons (Fsp3) is 0.250. The summed E-state index contributed by atoms with van der Waals surface area (Å²) in [6, 6.07) is 15.9. The van der Waals surface area contributed by atoms with Gasteiger partial charge in [-0.05, 0) is 11.1 Å². The van der Waals surface area contributed by atoms with Crippen LogP contribution in [0.15, 0.2) is 66.9 Å². The van der Waals surface area contributed by atoms with Gasteiger partial charge in [-0.1, -0.05) is 66.2 Å². The molecule has 2 aliphatic rings. The Hall–Kier alpha value is -3.03. The van der Waals surface area contributed by atoms with Crippen LogP contribution in [0.25, 0.3) is 0 Å². The Morgan fingerprint density at radius 2 is 1.84 bits per heavy atom. The molecule has 1 aliphatic carbocycles. The van der Waals surface area contributed by atoms with Crippen molar-refractivity contribution in [3.63, 3.8) is 0 Å². The lowest BCUT2D eigenvalue weighted by atomic mass is 9.71. The van der Waals surface area contributed by atoms with Crippen molar-refractivity contribution in [2.75, 3.05) is 0 Å². The molecule has 0 radical (unpaired) electrons. The predicted molar refractivity (Wildman–Crippen MR) is 112 cm³/mol. The maximum atomic E-state index is 13.2. The number of benzene rings is 2. The second-order valence-corrected chi connectivity index (χ2v) is 8.59. The van der Waals surface area contributed by atoms with Crippen LogP contribution in [0.4, 0.5) is 8.78 Å². The number of aromatic nitrogens is 1. The lowest BCUT2D eigenvalue weighted by Gasteiger charge is -2.40. The summed E-state index contributed by atoms with van der Waals surface area (Å²) in [4.78, 5) is 16.6. The third-order valence-corrected chi connectivity index (χ3v) is 6.73. The monoisotopic (exact) mass is 457 g/mol. The molecule has 5 nitrogen and oxygen atoms in total. The minimum atomic E-state index is -2.66. The van der Waals surface area contributed by atoms with Gasteiger partial charge >= 0.3 is 5.97 Å². The Kier molecular flexibility index (Phi) is 4.72. The Balaban J connectivity index is 1.80. The number of aliphatic carboxylic acids is 1. The van der Waals surface area contributed by atoms with E-state index >= 15 is 0 Å². The highest BCUT2D eigenvalue weighted by Crippen LogP contribution is 2.68. The summed E-state index contributed by atoms with van der Waals surface area (Å²) < 4.78 is 32.8. The summed E-state index contributed by atoms with van der Waals surface area (Å²) in [6.45, 7) is 0. The van der Waals surface area contributed by atoms with Crippen LogP contribution in [0.1, 0.15) is 41.1 Å². The summed E-state index contributed by atoms with van der Waals surface area (Å²) in [5.74, 6) is -2.69. The molecule has 32 heavy (non-hydrogen) atoms. The van der Waals surface area contributed by atoms with Crippen molar-refractivity contribution >= 4 is 17.6 Å². The SMILES string of the molecule is O=C(O)[C@H]1C[C@@]2(O)c3ncc(Cl)cc3O[C@@]2(c2ccc(C(F)F)cc2)[C@@H]1c1ccccc1. The number of carbonyl (C=O) groups is 1. The first-order valence-corrected chi connectivity index (χ1v) is 10.4. The van der Waals surface area contributed by atoms with Gasteiger partial charge < -0.3 is 14.9 Å². The highest BCUT2D eigenvalue weighted by Gasteiger charge is 2.73. The second-order valence-electron chi connectivity index (χ2n) is 8.16. The summed E-state index contributed by atoms with van der Waals surface area (Å²) in [6.07, 6.45) is -1.47. The van der Waals surface area contributed by atoms with Crippen LogP contribution < -0.4 is 4.74 Å². The molecule has 3 aromatic rings. The van der Waals surface area contributed by atoms with Gasteiger partial charge in [0.2, 0.25) is 0 Å². The van der Waals surface area contributed by atoms with E-state index in [1.54, 1.807) is 30.3 Å². The molecule has 0 amide bonds. The molecule has 1 fully saturated rings. The first-order valence-electron chi connectivity index (χ1n) is 10.0. The molecule has 1 saturated carbocycles. The number of alkyl halides is 2. The number of carboxylic acids is 1. The zero-order chi connectivity index (χ0) is 22.7. The van der Waals surface area contributed by atoms with Crippen molar-refractivity contribution in [2.24, 2.45) is 5.92 Å². The van der Waals surface area contributed by atoms with Gasteiger partial charge in [0.25, 0.3) is 6.43 Å². The number of hydrogen-bond donors (Lipinski definition) is 2. The van der Waals surface area contributed by atoms with Crippen LogP contribution in [0, 0.1) is 5.92 Å². The van der Waals surface area contributed by atoms with Gasteiger partial charge in [-0.25, -0.2) is 8.78 Å². The minimum Gasteiger partial charge on any atom is -0.481 e. The quantitative estimate of drug-likeness (QED) is 0.574. The highest BCUT2D eigenvalue weighted by molar-refractivity contribution is 6.30. The van der Waals surface area contributed by atoms with Gasteiger partial charge in [0, 0.05) is 30.2 Å². The average molecular weight is 458 g/mol. The van der Waals surface area contributed by atoms with Gasteiger partial charge in [0.1, 0.15) is 11.4 Å². The van der Waals surface area contributed by atoms with E-state index in [1.807, 2.05) is 0 Å². The summed E-state index contributed by atoms with van der Waals surface area (Å²) >= 11 is 6.10. The summed E-state index contributed by atoms with van der Waals surface area (Å²) in [5, 5.41) is 22.4. The number of halogens is 3. The maximum absolute atomic E-state index is 13.2. The molecule has 8 heteroatoms. The fourth-order valence-electron chi connectivity index (χ4n) is 5.24. The number of ether oxygens (including phenoxy) is 1. The minimum absolute atomic E-state index is 0.167. The summed E-state index contributed by atoms with van der Waals surface area (Å²) in [7, 11) is 0. The first kappa shape index (κ1) is 20.8. The Morgan fingerprint density at radius 3 is 2.47 bits per heavy atom. The number of nitrogens with zero attached hydrogens (tertiary/aromatic N) is 1. The number of pyridine rings is 1. The van der Waals surface area contributed by atoms with E-state index in [-0.39, 0.29) is 23.4 Å². The van der Waals surface area contributed by atoms with Gasteiger partial charge in [-0.3, -0.25) is 9.78 Å². The zero-order valence-corrected chi connectivity index (χ0v) is 17.3. The topological polar surface area (TPSA) is 79.7 Å². The molecule has 0 bridgehead atoms.